The second-order valence-corrected chi connectivity index (χ2v) is 4.06. The molecule has 2 aromatic rings. The van der Waals surface area contributed by atoms with Crippen molar-refractivity contribution in [3.8, 4) is 11.3 Å². The van der Waals surface area contributed by atoms with Gasteiger partial charge in [0, 0.05) is 18.8 Å². The van der Waals surface area contributed by atoms with Gasteiger partial charge in [0.1, 0.15) is 0 Å². The molecule has 1 heterocycles. The van der Waals surface area contributed by atoms with E-state index >= 15 is 0 Å². The van der Waals surface area contributed by atoms with Crippen molar-refractivity contribution in [1.82, 2.24) is 9.78 Å². The van der Waals surface area contributed by atoms with Gasteiger partial charge in [0.15, 0.2) is 0 Å². The van der Waals surface area contributed by atoms with E-state index in [0.717, 1.165) is 23.0 Å². The van der Waals surface area contributed by atoms with Crippen LogP contribution >= 0.6 is 0 Å². The molecule has 108 valence electrons. The molecule has 0 aliphatic heterocycles. The van der Waals surface area contributed by atoms with E-state index in [1.54, 1.807) is 0 Å². The predicted octanol–water partition coefficient (Wildman–Crippen LogP) is 4.12. The number of aryl methyl sites for hydroxylation is 1. The van der Waals surface area contributed by atoms with Gasteiger partial charge < -0.3 is 0 Å². The summed E-state index contributed by atoms with van der Waals surface area (Å²) in [6.45, 7) is 0. The van der Waals surface area contributed by atoms with Gasteiger partial charge in [-0.15, -0.1) is 0 Å². The molecule has 8 heteroatoms. The first-order valence-corrected chi connectivity index (χ1v) is 5.38. The molecule has 20 heavy (non-hydrogen) atoms. The average molecular weight is 294 g/mol. The normalized spacial score (nSPS) is 12.8. The van der Waals surface area contributed by atoms with E-state index in [4.69, 9.17) is 0 Å². The lowest BCUT2D eigenvalue weighted by molar-refractivity contribution is -0.142. The van der Waals surface area contributed by atoms with Crippen LogP contribution in [0, 0.1) is 0 Å². The zero-order valence-electron chi connectivity index (χ0n) is 10.0. The molecule has 0 aliphatic carbocycles. The third-order valence-electron chi connectivity index (χ3n) is 2.75. The Morgan fingerprint density at radius 3 is 1.75 bits per heavy atom. The Morgan fingerprint density at radius 2 is 1.40 bits per heavy atom. The molecule has 0 N–H and O–H groups in total. The van der Waals surface area contributed by atoms with Gasteiger partial charge in [-0.05, 0) is 18.2 Å². The topological polar surface area (TPSA) is 17.8 Å². The lowest BCUT2D eigenvalue weighted by Gasteiger charge is -2.18. The van der Waals surface area contributed by atoms with Crippen molar-refractivity contribution in [2.45, 2.75) is 12.4 Å². The van der Waals surface area contributed by atoms with Crippen LogP contribution in [0.1, 0.15) is 11.1 Å². The number of rotatable bonds is 1. The smallest absolute Gasteiger partial charge is 0.268 e. The van der Waals surface area contributed by atoms with Crippen LogP contribution in [0.4, 0.5) is 26.3 Å². The molecular weight excluding hydrogens is 286 g/mol. The molecule has 0 amide bonds. The molecule has 0 unspecified atom stereocenters. The summed E-state index contributed by atoms with van der Waals surface area (Å²) in [7, 11) is 1.28. The SMILES string of the molecule is Cn1nccc1-c1c(C(F)(F)F)cccc1C(F)(F)F. The number of aromatic nitrogens is 2. The maximum Gasteiger partial charge on any atom is 0.417 e. The summed E-state index contributed by atoms with van der Waals surface area (Å²) >= 11 is 0. The highest BCUT2D eigenvalue weighted by molar-refractivity contribution is 5.69. The van der Waals surface area contributed by atoms with Gasteiger partial charge in [-0.25, -0.2) is 0 Å². The molecular formula is C12H8F6N2. The van der Waals surface area contributed by atoms with Gasteiger partial charge in [-0.2, -0.15) is 31.4 Å². The van der Waals surface area contributed by atoms with Gasteiger partial charge in [0.05, 0.1) is 16.8 Å². The summed E-state index contributed by atoms with van der Waals surface area (Å²) in [5.41, 5.74) is -3.83. The number of hydrogen-bond acceptors (Lipinski definition) is 1. The van der Waals surface area contributed by atoms with Crippen molar-refractivity contribution in [2.24, 2.45) is 7.05 Å². The van der Waals surface area contributed by atoms with E-state index in [1.165, 1.54) is 7.05 Å². The van der Waals surface area contributed by atoms with Crippen molar-refractivity contribution < 1.29 is 26.3 Å². The van der Waals surface area contributed by atoms with Crippen LogP contribution in [-0.2, 0) is 19.4 Å². The Kier molecular flexibility index (Phi) is 3.27. The first-order chi connectivity index (χ1) is 9.12. The third-order valence-corrected chi connectivity index (χ3v) is 2.75. The highest BCUT2D eigenvalue weighted by Crippen LogP contribution is 2.44. The van der Waals surface area contributed by atoms with Crippen molar-refractivity contribution >= 4 is 0 Å². The Balaban J connectivity index is 2.83. The average Bonchev–Trinajstić information content (AvgIpc) is 2.72. The standard InChI is InChI=1S/C12H8F6N2/c1-20-9(5-6-19-20)10-7(11(13,14)15)3-2-4-8(10)12(16,17)18/h2-6H,1H3. The first kappa shape index (κ1) is 14.4. The molecule has 1 aromatic carbocycles. The lowest BCUT2D eigenvalue weighted by Crippen LogP contribution is -2.15. The second-order valence-electron chi connectivity index (χ2n) is 4.06. The summed E-state index contributed by atoms with van der Waals surface area (Å²) in [4.78, 5) is 0. The largest absolute Gasteiger partial charge is 0.417 e. The molecule has 0 radical (unpaired) electrons. The van der Waals surface area contributed by atoms with Gasteiger partial charge >= 0.3 is 12.4 Å². The fraction of sp³-hybridized carbons (Fsp3) is 0.250. The minimum Gasteiger partial charge on any atom is -0.268 e. The zero-order valence-corrected chi connectivity index (χ0v) is 10.0. The molecule has 2 nitrogen and oxygen atoms in total. The van der Waals surface area contributed by atoms with E-state index in [-0.39, 0.29) is 5.69 Å². The minimum absolute atomic E-state index is 0.245. The van der Waals surface area contributed by atoms with E-state index < -0.39 is 29.0 Å². The van der Waals surface area contributed by atoms with Crippen molar-refractivity contribution in [3.63, 3.8) is 0 Å². The Hall–Kier alpha value is -1.99. The molecule has 1 aromatic heterocycles. The Bertz CT molecular complexity index is 591. The maximum absolute atomic E-state index is 12.9. The van der Waals surface area contributed by atoms with Crippen LogP contribution in [0.5, 0.6) is 0 Å². The molecule has 0 atom stereocenters. The van der Waals surface area contributed by atoms with E-state index in [9.17, 15) is 26.3 Å². The van der Waals surface area contributed by atoms with Crippen molar-refractivity contribution in [1.29, 1.82) is 0 Å². The number of alkyl halides is 6. The fourth-order valence-electron chi connectivity index (χ4n) is 1.92. The van der Waals surface area contributed by atoms with Crippen LogP contribution in [0.2, 0.25) is 0 Å². The molecule has 0 saturated carbocycles. The number of benzene rings is 1. The van der Waals surface area contributed by atoms with E-state index in [0.29, 0.717) is 12.1 Å². The summed E-state index contributed by atoms with van der Waals surface area (Å²) < 4.78 is 78.6. The van der Waals surface area contributed by atoms with Crippen molar-refractivity contribution in [3.05, 3.63) is 41.6 Å². The Labute approximate surface area is 109 Å². The maximum atomic E-state index is 12.9. The molecule has 2 rings (SSSR count). The highest BCUT2D eigenvalue weighted by Gasteiger charge is 2.41. The van der Waals surface area contributed by atoms with Gasteiger partial charge in [0.2, 0.25) is 0 Å². The van der Waals surface area contributed by atoms with Gasteiger partial charge in [-0.1, -0.05) is 6.07 Å². The Morgan fingerprint density at radius 1 is 0.900 bits per heavy atom. The van der Waals surface area contributed by atoms with E-state index in [1.807, 2.05) is 0 Å². The van der Waals surface area contributed by atoms with Crippen molar-refractivity contribution in [2.75, 3.05) is 0 Å². The van der Waals surface area contributed by atoms with Gasteiger partial charge in [-0.3, -0.25) is 4.68 Å². The monoisotopic (exact) mass is 294 g/mol. The number of halogens is 6. The second kappa shape index (κ2) is 4.53. The predicted molar refractivity (Wildman–Crippen MR) is 58.6 cm³/mol. The lowest BCUT2D eigenvalue weighted by atomic mass is 9.97. The summed E-state index contributed by atoms with van der Waals surface area (Å²) in [5, 5.41) is 3.62. The zero-order chi connectivity index (χ0) is 15.1. The molecule has 0 fully saturated rings. The quantitative estimate of drug-likeness (QED) is 0.723. The molecule has 0 spiro atoms. The number of hydrogen-bond donors (Lipinski definition) is 0. The fourth-order valence-corrected chi connectivity index (χ4v) is 1.92. The number of nitrogens with zero attached hydrogens (tertiary/aromatic N) is 2. The van der Waals surface area contributed by atoms with Crippen LogP contribution in [-0.4, -0.2) is 9.78 Å². The third kappa shape index (κ3) is 2.50. The van der Waals surface area contributed by atoms with Gasteiger partial charge in [0.25, 0.3) is 0 Å². The minimum atomic E-state index is -4.89. The highest BCUT2D eigenvalue weighted by atomic mass is 19.4. The van der Waals surface area contributed by atoms with Crippen LogP contribution in [0.15, 0.2) is 30.5 Å². The molecule has 0 aliphatic rings. The summed E-state index contributed by atoms with van der Waals surface area (Å²) in [6, 6.07) is 3.10. The van der Waals surface area contributed by atoms with Crippen LogP contribution < -0.4 is 0 Å². The summed E-state index contributed by atoms with van der Waals surface area (Å²) in [5.74, 6) is 0. The molecule has 0 saturated heterocycles. The van der Waals surface area contributed by atoms with Crippen LogP contribution in [0.25, 0.3) is 11.3 Å². The van der Waals surface area contributed by atoms with E-state index in [2.05, 4.69) is 5.10 Å². The van der Waals surface area contributed by atoms with Crippen LogP contribution in [0.3, 0.4) is 0 Å². The summed E-state index contributed by atoms with van der Waals surface area (Å²) in [6.07, 6.45) is -8.63. The first-order valence-electron chi connectivity index (χ1n) is 5.38. The molecule has 0 bridgehead atoms.